The molecule has 1 aliphatic rings. The minimum absolute atomic E-state index is 0.805. The van der Waals surface area contributed by atoms with Crippen LogP contribution in [0.15, 0.2) is 205 Å². The lowest BCUT2D eigenvalue weighted by molar-refractivity contribution is 1.26. The number of pyridine rings is 2. The quantitative estimate of drug-likeness (QED) is 0.178. The van der Waals surface area contributed by atoms with Crippen LogP contribution in [0.5, 0.6) is 0 Å². The summed E-state index contributed by atoms with van der Waals surface area (Å²) in [6.07, 6.45) is 7.29. The molecule has 0 atom stereocenters. The first kappa shape index (κ1) is 31.0. The molecule has 9 rings (SSSR count). The molecule has 0 amide bonds. The van der Waals surface area contributed by atoms with Gasteiger partial charge in [0.2, 0.25) is 0 Å². The van der Waals surface area contributed by atoms with E-state index in [2.05, 4.69) is 156 Å². The highest BCUT2D eigenvalue weighted by Gasteiger charge is 2.21. The van der Waals surface area contributed by atoms with E-state index >= 15 is 0 Å². The molecule has 4 nitrogen and oxygen atoms in total. The van der Waals surface area contributed by atoms with Gasteiger partial charge in [-0.05, 0) is 56.6 Å². The molecular formula is C48H32N4. The predicted molar refractivity (Wildman–Crippen MR) is 214 cm³/mol. The number of aromatic nitrogens is 2. The highest BCUT2D eigenvalue weighted by molar-refractivity contribution is 6.22. The largest absolute Gasteiger partial charge is 0.264 e. The van der Waals surface area contributed by atoms with Crippen LogP contribution >= 0.6 is 0 Å². The number of hydrogen-bond acceptors (Lipinski definition) is 4. The molecule has 0 spiro atoms. The lowest BCUT2D eigenvalue weighted by Gasteiger charge is -2.18. The van der Waals surface area contributed by atoms with Crippen molar-refractivity contribution in [3.63, 3.8) is 0 Å². The van der Waals surface area contributed by atoms with E-state index in [1.807, 2.05) is 36.7 Å². The number of hydrogen-bond donors (Lipinski definition) is 0. The highest BCUT2D eigenvalue weighted by atomic mass is 14.9. The second-order valence-corrected chi connectivity index (χ2v) is 12.7. The van der Waals surface area contributed by atoms with Gasteiger partial charge in [-0.25, -0.2) is 9.98 Å². The molecule has 8 aromatic rings. The number of nitrogens with zero attached hydrogens (tertiary/aromatic N) is 4. The van der Waals surface area contributed by atoms with Gasteiger partial charge in [0.25, 0.3) is 0 Å². The maximum absolute atomic E-state index is 5.29. The normalized spacial score (nSPS) is 12.1. The van der Waals surface area contributed by atoms with Crippen molar-refractivity contribution in [3.05, 3.63) is 217 Å². The number of aliphatic imine (C=N–C) groups is 2. The summed E-state index contributed by atoms with van der Waals surface area (Å²) in [4.78, 5) is 19.6. The fourth-order valence-corrected chi connectivity index (χ4v) is 6.75. The van der Waals surface area contributed by atoms with Crippen LogP contribution < -0.4 is 0 Å². The van der Waals surface area contributed by atoms with E-state index < -0.39 is 0 Å². The van der Waals surface area contributed by atoms with Crippen LogP contribution in [0.3, 0.4) is 0 Å². The zero-order chi connectivity index (χ0) is 34.7. The van der Waals surface area contributed by atoms with Crippen LogP contribution in [0, 0.1) is 0 Å². The Kier molecular flexibility index (Phi) is 8.16. The average molecular weight is 665 g/mol. The van der Waals surface area contributed by atoms with Crippen molar-refractivity contribution in [1.29, 1.82) is 0 Å². The Morgan fingerprint density at radius 1 is 0.250 bits per heavy atom. The van der Waals surface area contributed by atoms with E-state index in [9.17, 15) is 0 Å². The Bertz CT molecular complexity index is 2370. The summed E-state index contributed by atoms with van der Waals surface area (Å²) < 4.78 is 0. The SMILES string of the molecule is c1ccc(-c2ccc(-c3ccc(C4=Nc5ccncc5C(c5ccc(-c6ccc(-c7ccccc7)cc6)cc5)=Nc5ccncc54)cc3)cc2)cc1. The number of rotatable bonds is 6. The lowest BCUT2D eigenvalue weighted by Crippen LogP contribution is -2.11. The molecule has 0 saturated heterocycles. The van der Waals surface area contributed by atoms with Crippen molar-refractivity contribution in [2.75, 3.05) is 0 Å². The molecule has 0 bridgehead atoms. The molecular weight excluding hydrogens is 633 g/mol. The monoisotopic (exact) mass is 664 g/mol. The first-order chi connectivity index (χ1) is 25.8. The zero-order valence-electron chi connectivity index (χ0n) is 28.3. The standard InChI is InChI=1S/C48H32N4/c1-3-7-33(8-4-1)35-11-15-37(16-12-35)39-19-23-41(24-20-39)47-43-31-49-29-27-45(43)52-48(44-32-50-30-28-46(44)51-47)42-25-21-40(22-26-42)38-17-13-36(14-18-38)34-9-5-2-6-10-34/h1-32H. The van der Waals surface area contributed by atoms with E-state index in [4.69, 9.17) is 9.98 Å². The Morgan fingerprint density at radius 2 is 0.519 bits per heavy atom. The first-order valence-electron chi connectivity index (χ1n) is 17.4. The Labute approximate surface area is 303 Å². The van der Waals surface area contributed by atoms with Gasteiger partial charge in [0, 0.05) is 47.0 Å². The Balaban J connectivity index is 1.04. The van der Waals surface area contributed by atoms with Gasteiger partial charge in [-0.2, -0.15) is 0 Å². The molecule has 0 radical (unpaired) electrons. The van der Waals surface area contributed by atoms with E-state index in [1.165, 1.54) is 22.3 Å². The molecule has 3 heterocycles. The summed E-state index contributed by atoms with van der Waals surface area (Å²) in [7, 11) is 0. The molecule has 4 heteroatoms. The fourth-order valence-electron chi connectivity index (χ4n) is 6.75. The molecule has 0 aliphatic carbocycles. The van der Waals surface area contributed by atoms with Crippen LogP contribution in [-0.2, 0) is 0 Å². The molecule has 244 valence electrons. The van der Waals surface area contributed by atoms with Crippen LogP contribution in [0.4, 0.5) is 11.4 Å². The van der Waals surface area contributed by atoms with E-state index in [-0.39, 0.29) is 0 Å². The third kappa shape index (κ3) is 6.14. The maximum Gasteiger partial charge on any atom is 0.0819 e. The van der Waals surface area contributed by atoms with E-state index in [0.29, 0.717) is 0 Å². The third-order valence-corrected chi connectivity index (χ3v) is 9.54. The smallest absolute Gasteiger partial charge is 0.0819 e. The summed E-state index contributed by atoms with van der Waals surface area (Å²) in [6, 6.07) is 59.4. The molecule has 0 saturated carbocycles. The van der Waals surface area contributed by atoms with Crippen LogP contribution in [0.1, 0.15) is 22.3 Å². The van der Waals surface area contributed by atoms with Crippen molar-refractivity contribution >= 4 is 22.8 Å². The topological polar surface area (TPSA) is 50.5 Å². The molecule has 52 heavy (non-hydrogen) atoms. The van der Waals surface area contributed by atoms with Crippen molar-refractivity contribution in [2.45, 2.75) is 0 Å². The van der Waals surface area contributed by atoms with Gasteiger partial charge in [0.15, 0.2) is 0 Å². The average Bonchev–Trinajstić information content (AvgIpc) is 3.23. The Hall–Kier alpha value is -7.04. The van der Waals surface area contributed by atoms with Crippen molar-refractivity contribution in [2.24, 2.45) is 9.98 Å². The maximum atomic E-state index is 5.29. The first-order valence-corrected chi connectivity index (χ1v) is 17.4. The van der Waals surface area contributed by atoms with Crippen LogP contribution in [0.25, 0.3) is 44.5 Å². The highest BCUT2D eigenvalue weighted by Crippen LogP contribution is 2.34. The van der Waals surface area contributed by atoms with Crippen molar-refractivity contribution in [1.82, 2.24) is 9.97 Å². The fraction of sp³-hybridized carbons (Fsp3) is 0. The summed E-state index contributed by atoms with van der Waals surface area (Å²) in [5, 5.41) is 0. The molecule has 6 aromatic carbocycles. The molecule has 2 aromatic heterocycles. The Morgan fingerprint density at radius 3 is 0.827 bits per heavy atom. The summed E-state index contributed by atoms with van der Waals surface area (Å²) in [5.74, 6) is 0. The minimum Gasteiger partial charge on any atom is -0.264 e. The number of fused-ring (bicyclic) bond motifs is 2. The predicted octanol–water partition coefficient (Wildman–Crippen LogP) is 11.8. The van der Waals surface area contributed by atoms with Crippen molar-refractivity contribution < 1.29 is 0 Å². The van der Waals surface area contributed by atoms with Gasteiger partial charge < -0.3 is 0 Å². The molecule has 0 N–H and O–H groups in total. The van der Waals surface area contributed by atoms with Gasteiger partial charge in [-0.15, -0.1) is 0 Å². The number of benzene rings is 6. The molecule has 0 unspecified atom stereocenters. The van der Waals surface area contributed by atoms with Gasteiger partial charge in [0.1, 0.15) is 0 Å². The van der Waals surface area contributed by atoms with Gasteiger partial charge >= 0.3 is 0 Å². The molecule has 1 aliphatic heterocycles. The van der Waals surface area contributed by atoms with Crippen molar-refractivity contribution in [3.8, 4) is 44.5 Å². The van der Waals surface area contributed by atoms with E-state index in [0.717, 1.165) is 67.3 Å². The second-order valence-electron chi connectivity index (χ2n) is 12.7. The van der Waals surface area contributed by atoms with Gasteiger partial charge in [0.05, 0.1) is 22.8 Å². The van der Waals surface area contributed by atoms with Crippen LogP contribution in [0.2, 0.25) is 0 Å². The lowest BCUT2D eigenvalue weighted by atomic mass is 9.95. The van der Waals surface area contributed by atoms with E-state index in [1.54, 1.807) is 12.4 Å². The third-order valence-electron chi connectivity index (χ3n) is 9.54. The zero-order valence-corrected chi connectivity index (χ0v) is 28.3. The van der Waals surface area contributed by atoms with Crippen LogP contribution in [-0.4, -0.2) is 21.4 Å². The minimum atomic E-state index is 0.805. The summed E-state index contributed by atoms with van der Waals surface area (Å²) in [6.45, 7) is 0. The second kappa shape index (κ2) is 13.7. The van der Waals surface area contributed by atoms with Gasteiger partial charge in [-0.1, -0.05) is 158 Å². The summed E-state index contributed by atoms with van der Waals surface area (Å²) >= 11 is 0. The summed E-state index contributed by atoms with van der Waals surface area (Å²) in [5.41, 5.74) is 16.4. The van der Waals surface area contributed by atoms with Gasteiger partial charge in [-0.3, -0.25) is 9.97 Å². The molecule has 0 fully saturated rings.